The number of methoxy groups -OCH3 is 2. The first-order valence-corrected chi connectivity index (χ1v) is 17.0. The van der Waals surface area contributed by atoms with E-state index in [9.17, 15) is 28.9 Å². The standard InChI is InChI=1S/C34H49ClN6O9/c1-10-22(27(42)30(44)36-19-11-12-19)37-29(43)24-14-18(13-23(39-40-47)20-15-21(35)26(49-9)16-25(20)48-8)17-41(24)31(45)28(33(2,3)4)38-32(46)50-34(5,6)7/h15-16,18-19,22,24,28H,10-14,17H2,1-9H3,(H,36,44)(H,37,43)(H,38,46)/b39-23+/t18?,22-,24?,28?/m0/s1. The molecule has 1 heterocycles. The molecule has 3 N–H and O–H groups in total. The van der Waals surface area contributed by atoms with Crippen molar-refractivity contribution in [1.29, 1.82) is 0 Å². The molecule has 1 aliphatic carbocycles. The predicted molar refractivity (Wildman–Crippen MR) is 186 cm³/mol. The number of nitrogens with zero attached hydrogens (tertiary/aromatic N) is 3. The first-order valence-electron chi connectivity index (χ1n) is 16.6. The molecule has 4 amide bonds. The highest BCUT2D eigenvalue weighted by Gasteiger charge is 2.46. The van der Waals surface area contributed by atoms with Gasteiger partial charge in [-0.3, -0.25) is 19.2 Å². The summed E-state index contributed by atoms with van der Waals surface area (Å²) in [5, 5.41) is 14.8. The number of benzene rings is 1. The number of rotatable bonds is 14. The lowest BCUT2D eigenvalue weighted by Gasteiger charge is -2.36. The molecule has 0 spiro atoms. The minimum absolute atomic E-state index is 0.0104. The third-order valence-electron chi connectivity index (χ3n) is 8.35. The topological polar surface area (TPSA) is 194 Å². The molecule has 3 unspecified atom stereocenters. The highest BCUT2D eigenvalue weighted by molar-refractivity contribution is 6.38. The molecule has 1 aromatic rings. The van der Waals surface area contributed by atoms with E-state index in [0.29, 0.717) is 17.1 Å². The van der Waals surface area contributed by atoms with Crippen molar-refractivity contribution < 1.29 is 38.2 Å². The van der Waals surface area contributed by atoms with E-state index in [1.807, 2.05) is 0 Å². The highest BCUT2D eigenvalue weighted by atomic mass is 35.5. The molecule has 2 fully saturated rings. The van der Waals surface area contributed by atoms with Crippen molar-refractivity contribution in [1.82, 2.24) is 20.9 Å². The van der Waals surface area contributed by atoms with E-state index in [4.69, 9.17) is 25.8 Å². The van der Waals surface area contributed by atoms with Crippen molar-refractivity contribution >= 4 is 46.9 Å². The second-order valence-corrected chi connectivity index (χ2v) is 15.1. The fourth-order valence-corrected chi connectivity index (χ4v) is 5.92. The lowest BCUT2D eigenvalue weighted by molar-refractivity contribution is -0.144. The van der Waals surface area contributed by atoms with Crippen LogP contribution in [-0.4, -0.2) is 90.7 Å². The maximum atomic E-state index is 14.4. The van der Waals surface area contributed by atoms with Gasteiger partial charge in [-0.1, -0.05) is 39.3 Å². The third kappa shape index (κ3) is 10.6. The van der Waals surface area contributed by atoms with E-state index in [0.717, 1.165) is 12.8 Å². The summed E-state index contributed by atoms with van der Waals surface area (Å²) in [5.41, 5.74) is -1.10. The average Bonchev–Trinajstić information content (AvgIpc) is 3.75. The molecule has 16 heteroatoms. The van der Waals surface area contributed by atoms with Crippen molar-refractivity contribution in [3.8, 4) is 11.5 Å². The molecule has 1 aromatic carbocycles. The van der Waals surface area contributed by atoms with E-state index in [-0.39, 0.29) is 42.6 Å². The van der Waals surface area contributed by atoms with Crippen LogP contribution in [-0.2, 0) is 23.9 Å². The quantitative estimate of drug-likeness (QED) is 0.110. The van der Waals surface area contributed by atoms with Crippen LogP contribution in [0.25, 0.3) is 0 Å². The zero-order chi connectivity index (χ0) is 37.6. The summed E-state index contributed by atoms with van der Waals surface area (Å²) >= 11 is 6.40. The Kier molecular flexibility index (Phi) is 13.4. The summed E-state index contributed by atoms with van der Waals surface area (Å²) in [7, 11) is 2.87. The van der Waals surface area contributed by atoms with Gasteiger partial charge in [-0.2, -0.15) is 0 Å². The summed E-state index contributed by atoms with van der Waals surface area (Å²) in [4.78, 5) is 79.6. The van der Waals surface area contributed by atoms with Crippen LogP contribution in [0.4, 0.5) is 4.79 Å². The van der Waals surface area contributed by atoms with E-state index in [1.165, 1.54) is 31.3 Å². The van der Waals surface area contributed by atoms with Crippen molar-refractivity contribution in [2.24, 2.45) is 21.7 Å². The van der Waals surface area contributed by atoms with E-state index in [2.05, 4.69) is 26.3 Å². The van der Waals surface area contributed by atoms with Crippen molar-refractivity contribution in [2.45, 2.75) is 110 Å². The van der Waals surface area contributed by atoms with Gasteiger partial charge in [-0.15, -0.1) is 10.0 Å². The van der Waals surface area contributed by atoms with Gasteiger partial charge in [0.1, 0.15) is 29.2 Å². The van der Waals surface area contributed by atoms with Gasteiger partial charge in [0.2, 0.25) is 17.6 Å². The minimum Gasteiger partial charge on any atom is -0.496 e. The van der Waals surface area contributed by atoms with Crippen LogP contribution in [0.15, 0.2) is 22.5 Å². The SMILES string of the molecule is CC[C@H](NC(=O)C1CC(C/C(=N\N=O)c2cc(Cl)c(OC)cc2OC)CN1C(=O)C(NC(=O)OC(C)(C)C)C(C)(C)C)C(=O)C(=O)NC1CC1. The van der Waals surface area contributed by atoms with Crippen LogP contribution in [0, 0.1) is 16.2 Å². The molecule has 0 bridgehead atoms. The molecule has 276 valence electrons. The predicted octanol–water partition coefficient (Wildman–Crippen LogP) is 4.12. The number of amides is 4. The zero-order valence-corrected chi connectivity index (χ0v) is 30.9. The summed E-state index contributed by atoms with van der Waals surface area (Å²) in [6.07, 6.45) is 1.05. The number of halogens is 1. The van der Waals surface area contributed by atoms with Gasteiger partial charge in [0, 0.05) is 24.2 Å². The number of carbonyl (C=O) groups excluding carboxylic acids is 5. The molecule has 3 rings (SSSR count). The highest BCUT2D eigenvalue weighted by Crippen LogP contribution is 2.36. The lowest BCUT2D eigenvalue weighted by Crippen LogP contribution is -2.59. The van der Waals surface area contributed by atoms with Crippen molar-refractivity contribution in [2.75, 3.05) is 20.8 Å². The number of Topliss-reactive ketones (excluding diaryl/α,β-unsaturated/α-hetero) is 1. The number of carbonyl (C=O) groups is 5. The van der Waals surface area contributed by atoms with Gasteiger partial charge in [-0.05, 0) is 70.3 Å². The molecule has 2 aliphatic rings. The summed E-state index contributed by atoms with van der Waals surface area (Å²) in [6.45, 7) is 12.1. The van der Waals surface area contributed by atoms with Crippen LogP contribution in [0.1, 0.15) is 86.1 Å². The Labute approximate surface area is 297 Å². The smallest absolute Gasteiger partial charge is 0.408 e. The normalized spacial score (nSPS) is 19.2. The Morgan fingerprint density at radius 1 is 1.00 bits per heavy atom. The number of hydrogen-bond acceptors (Lipinski definition) is 10. The van der Waals surface area contributed by atoms with Crippen LogP contribution >= 0.6 is 11.6 Å². The summed E-state index contributed by atoms with van der Waals surface area (Å²) in [6, 6.07) is -0.349. The molecule has 0 aromatic heterocycles. The van der Waals surface area contributed by atoms with E-state index in [1.54, 1.807) is 48.5 Å². The Hall–Kier alpha value is -4.27. The molecule has 50 heavy (non-hydrogen) atoms. The molecule has 1 aliphatic heterocycles. The van der Waals surface area contributed by atoms with E-state index < -0.39 is 64.7 Å². The van der Waals surface area contributed by atoms with Gasteiger partial charge in [0.25, 0.3) is 5.91 Å². The zero-order valence-electron chi connectivity index (χ0n) is 30.2. The Balaban J connectivity index is 1.98. The van der Waals surface area contributed by atoms with Gasteiger partial charge >= 0.3 is 6.09 Å². The molecule has 15 nitrogen and oxygen atoms in total. The fraction of sp³-hybridized carbons (Fsp3) is 0.647. The summed E-state index contributed by atoms with van der Waals surface area (Å²) in [5.74, 6) is -2.60. The number of ether oxygens (including phenoxy) is 3. The molecule has 1 saturated carbocycles. The first kappa shape index (κ1) is 40.2. The molecular weight excluding hydrogens is 672 g/mol. The van der Waals surface area contributed by atoms with Gasteiger partial charge in [-0.25, -0.2) is 4.79 Å². The summed E-state index contributed by atoms with van der Waals surface area (Å²) < 4.78 is 16.2. The van der Waals surface area contributed by atoms with E-state index >= 15 is 0 Å². The largest absolute Gasteiger partial charge is 0.496 e. The molecular formula is C34H49ClN6O9. The monoisotopic (exact) mass is 720 g/mol. The van der Waals surface area contributed by atoms with Crippen LogP contribution < -0.4 is 25.4 Å². The number of ketones is 1. The van der Waals surface area contributed by atoms with Crippen LogP contribution in [0.2, 0.25) is 5.02 Å². The number of alkyl carbamates (subject to hydrolysis) is 1. The second-order valence-electron chi connectivity index (χ2n) is 14.7. The Morgan fingerprint density at radius 2 is 1.64 bits per heavy atom. The first-order chi connectivity index (χ1) is 23.3. The van der Waals surface area contributed by atoms with Crippen molar-refractivity contribution in [3.05, 3.63) is 27.6 Å². The molecule has 4 atom stereocenters. The van der Waals surface area contributed by atoms with Crippen LogP contribution in [0.5, 0.6) is 11.5 Å². The van der Waals surface area contributed by atoms with Crippen LogP contribution in [0.3, 0.4) is 0 Å². The third-order valence-corrected chi connectivity index (χ3v) is 8.65. The Bertz CT molecular complexity index is 1500. The molecule has 1 saturated heterocycles. The van der Waals surface area contributed by atoms with Gasteiger partial charge in [0.15, 0.2) is 0 Å². The molecule has 0 radical (unpaired) electrons. The van der Waals surface area contributed by atoms with Gasteiger partial charge < -0.3 is 35.1 Å². The number of hydrogen-bond donors (Lipinski definition) is 3. The minimum atomic E-state index is -1.13. The number of likely N-dealkylation sites (tertiary alicyclic amines) is 1. The lowest BCUT2D eigenvalue weighted by atomic mass is 9.85. The number of nitrogens with one attached hydrogen (secondary N) is 3. The maximum absolute atomic E-state index is 14.4. The number of nitroso groups, excluding NO2 is 1. The maximum Gasteiger partial charge on any atom is 0.408 e. The van der Waals surface area contributed by atoms with Crippen molar-refractivity contribution in [3.63, 3.8) is 0 Å². The Morgan fingerprint density at radius 3 is 2.16 bits per heavy atom. The average molecular weight is 721 g/mol. The fourth-order valence-electron chi connectivity index (χ4n) is 5.68. The second kappa shape index (κ2) is 16.6. The van der Waals surface area contributed by atoms with Gasteiger partial charge in [0.05, 0.1) is 36.3 Å².